The minimum absolute atomic E-state index is 0.145. The fourth-order valence-corrected chi connectivity index (χ4v) is 1.07. The molecule has 0 saturated carbocycles. The van der Waals surface area contributed by atoms with E-state index in [0.717, 1.165) is 0 Å². The Hall–Kier alpha value is -0.950. The molecule has 0 aliphatic carbocycles. The maximum Gasteiger partial charge on any atom is 0.246 e. The smallest absolute Gasteiger partial charge is 0.246 e. The van der Waals surface area contributed by atoms with Gasteiger partial charge in [-0.05, 0) is 6.92 Å². The molecule has 0 unspecified atom stereocenters. The summed E-state index contributed by atoms with van der Waals surface area (Å²) in [4.78, 5) is 11.1. The van der Waals surface area contributed by atoms with Gasteiger partial charge in [0.15, 0.2) is 0 Å². The maximum atomic E-state index is 11.1. The number of hydrogen-bond donors (Lipinski definition) is 1. The minimum Gasteiger partial charge on any atom is -0.382 e. The van der Waals surface area contributed by atoms with Gasteiger partial charge in [-0.2, -0.15) is 0 Å². The number of carbonyl (C=O) groups is 1. The third-order valence-electron chi connectivity index (χ3n) is 2.10. The highest BCUT2D eigenvalue weighted by Crippen LogP contribution is 1.85. The molecular formula is C13H25NO5. The number of nitrogens with one attached hydrogen (secondary N) is 1. The Balaban J connectivity index is 3.07. The molecule has 0 rings (SSSR count). The summed E-state index contributed by atoms with van der Waals surface area (Å²) >= 11 is 0. The van der Waals surface area contributed by atoms with Gasteiger partial charge in [-0.25, -0.2) is 0 Å². The van der Waals surface area contributed by atoms with Gasteiger partial charge in [0.25, 0.3) is 0 Å². The number of carbonyl (C=O) groups excluding carboxylic acids is 1. The Bertz CT molecular complexity index is 245. The standard InChI is InChI=1S/C13H25NO5/c1-12(2)13(15)14-4-5-17-8-9-19-11-10-18-7-6-16-3/h1,4-11H2,2-3H3,(H,14,15). The Morgan fingerprint density at radius 1 is 0.947 bits per heavy atom. The van der Waals surface area contributed by atoms with Crippen molar-refractivity contribution in [1.29, 1.82) is 0 Å². The van der Waals surface area contributed by atoms with Crippen LogP contribution in [0.4, 0.5) is 0 Å². The van der Waals surface area contributed by atoms with E-state index in [1.165, 1.54) is 0 Å². The molecule has 112 valence electrons. The molecule has 0 aliphatic rings. The molecule has 0 fully saturated rings. The molecule has 0 aromatic carbocycles. The van der Waals surface area contributed by atoms with Crippen LogP contribution >= 0.6 is 0 Å². The van der Waals surface area contributed by atoms with Gasteiger partial charge in [0.1, 0.15) is 0 Å². The molecule has 0 saturated heterocycles. The van der Waals surface area contributed by atoms with E-state index in [4.69, 9.17) is 18.9 Å². The first-order chi connectivity index (χ1) is 9.18. The molecule has 0 bridgehead atoms. The number of rotatable bonds is 13. The second kappa shape index (κ2) is 13.5. The van der Waals surface area contributed by atoms with Crippen molar-refractivity contribution in [2.75, 3.05) is 59.9 Å². The molecule has 0 heterocycles. The molecule has 1 N–H and O–H groups in total. The van der Waals surface area contributed by atoms with Gasteiger partial charge in [-0.3, -0.25) is 4.79 Å². The van der Waals surface area contributed by atoms with Crippen molar-refractivity contribution in [2.24, 2.45) is 0 Å². The van der Waals surface area contributed by atoms with Crippen molar-refractivity contribution < 1.29 is 23.7 Å². The Kier molecular flexibility index (Phi) is 12.8. The van der Waals surface area contributed by atoms with Crippen LogP contribution in [-0.2, 0) is 23.7 Å². The first kappa shape index (κ1) is 18.0. The fraction of sp³-hybridized carbons (Fsp3) is 0.769. The van der Waals surface area contributed by atoms with Crippen molar-refractivity contribution in [3.8, 4) is 0 Å². The number of hydrogen-bond acceptors (Lipinski definition) is 5. The van der Waals surface area contributed by atoms with E-state index in [9.17, 15) is 4.79 Å². The zero-order chi connectivity index (χ0) is 14.3. The number of ether oxygens (including phenoxy) is 4. The molecule has 19 heavy (non-hydrogen) atoms. The molecule has 0 radical (unpaired) electrons. The summed E-state index contributed by atoms with van der Waals surface area (Å²) in [5.41, 5.74) is 0.497. The Labute approximate surface area is 115 Å². The molecule has 6 nitrogen and oxygen atoms in total. The van der Waals surface area contributed by atoms with Crippen molar-refractivity contribution in [1.82, 2.24) is 5.32 Å². The van der Waals surface area contributed by atoms with Crippen LogP contribution in [0.2, 0.25) is 0 Å². The summed E-state index contributed by atoms with van der Waals surface area (Å²) < 4.78 is 20.6. The van der Waals surface area contributed by atoms with Crippen LogP contribution in [0, 0.1) is 0 Å². The van der Waals surface area contributed by atoms with Gasteiger partial charge in [-0.15, -0.1) is 0 Å². The molecule has 6 heteroatoms. The summed E-state index contributed by atoms with van der Waals surface area (Å²) in [6.07, 6.45) is 0. The molecular weight excluding hydrogens is 250 g/mol. The van der Waals surface area contributed by atoms with Crippen molar-refractivity contribution in [2.45, 2.75) is 6.92 Å². The van der Waals surface area contributed by atoms with Crippen LogP contribution in [0.3, 0.4) is 0 Å². The fourth-order valence-electron chi connectivity index (χ4n) is 1.07. The monoisotopic (exact) mass is 275 g/mol. The highest BCUT2D eigenvalue weighted by atomic mass is 16.6. The highest BCUT2D eigenvalue weighted by Gasteiger charge is 1.99. The lowest BCUT2D eigenvalue weighted by Gasteiger charge is -2.07. The normalized spacial score (nSPS) is 10.4. The van der Waals surface area contributed by atoms with Gasteiger partial charge < -0.3 is 24.3 Å². The zero-order valence-corrected chi connectivity index (χ0v) is 11.9. The van der Waals surface area contributed by atoms with Crippen LogP contribution in [0.5, 0.6) is 0 Å². The van der Waals surface area contributed by atoms with Gasteiger partial charge in [0.2, 0.25) is 5.91 Å². The maximum absolute atomic E-state index is 11.1. The van der Waals surface area contributed by atoms with Gasteiger partial charge in [0.05, 0.1) is 46.2 Å². The van der Waals surface area contributed by atoms with Gasteiger partial charge in [-0.1, -0.05) is 6.58 Å². The highest BCUT2D eigenvalue weighted by molar-refractivity contribution is 5.91. The van der Waals surface area contributed by atoms with Crippen LogP contribution in [-0.4, -0.2) is 65.8 Å². The predicted octanol–water partition coefficient (Wildman–Crippen LogP) is 0.375. The van der Waals surface area contributed by atoms with Crippen molar-refractivity contribution in [3.05, 3.63) is 12.2 Å². The van der Waals surface area contributed by atoms with Crippen LogP contribution in [0.25, 0.3) is 0 Å². The summed E-state index contributed by atoms with van der Waals surface area (Å²) in [5.74, 6) is -0.145. The van der Waals surface area contributed by atoms with Gasteiger partial charge in [0, 0.05) is 19.2 Å². The largest absolute Gasteiger partial charge is 0.382 e. The predicted molar refractivity (Wildman–Crippen MR) is 72.2 cm³/mol. The summed E-state index contributed by atoms with van der Waals surface area (Å²) in [6, 6.07) is 0. The average molecular weight is 275 g/mol. The van der Waals surface area contributed by atoms with E-state index >= 15 is 0 Å². The van der Waals surface area contributed by atoms with Crippen LogP contribution in [0.1, 0.15) is 6.92 Å². The Morgan fingerprint density at radius 2 is 1.42 bits per heavy atom. The van der Waals surface area contributed by atoms with E-state index in [0.29, 0.717) is 58.4 Å². The number of methoxy groups -OCH3 is 1. The molecule has 0 aromatic rings. The molecule has 1 amide bonds. The summed E-state index contributed by atoms with van der Waals surface area (Å²) in [7, 11) is 1.63. The number of amides is 1. The minimum atomic E-state index is -0.145. The van der Waals surface area contributed by atoms with Crippen LogP contribution in [0.15, 0.2) is 12.2 Å². The first-order valence-corrected chi connectivity index (χ1v) is 6.34. The van der Waals surface area contributed by atoms with E-state index in [-0.39, 0.29) is 5.91 Å². The zero-order valence-electron chi connectivity index (χ0n) is 11.9. The van der Waals surface area contributed by atoms with Crippen LogP contribution < -0.4 is 5.32 Å². The third-order valence-corrected chi connectivity index (χ3v) is 2.10. The van der Waals surface area contributed by atoms with Crippen molar-refractivity contribution >= 4 is 5.91 Å². The van der Waals surface area contributed by atoms with E-state index in [1.54, 1.807) is 14.0 Å². The molecule has 0 spiro atoms. The first-order valence-electron chi connectivity index (χ1n) is 6.34. The summed E-state index contributed by atoms with van der Waals surface area (Å²) in [6.45, 7) is 9.44. The SMILES string of the molecule is C=C(C)C(=O)NCCOCCOCCOCCOC. The van der Waals surface area contributed by atoms with Gasteiger partial charge >= 0.3 is 0 Å². The second-order valence-electron chi connectivity index (χ2n) is 3.87. The van der Waals surface area contributed by atoms with E-state index < -0.39 is 0 Å². The van der Waals surface area contributed by atoms with E-state index in [1.807, 2.05) is 0 Å². The molecule has 0 aliphatic heterocycles. The lowest BCUT2D eigenvalue weighted by Crippen LogP contribution is -2.27. The third kappa shape index (κ3) is 13.3. The Morgan fingerprint density at radius 3 is 1.89 bits per heavy atom. The lowest BCUT2D eigenvalue weighted by molar-refractivity contribution is -0.117. The lowest BCUT2D eigenvalue weighted by atomic mass is 10.3. The summed E-state index contributed by atoms with van der Waals surface area (Å²) in [5, 5.41) is 2.68. The molecule has 0 aromatic heterocycles. The topological polar surface area (TPSA) is 66.0 Å². The van der Waals surface area contributed by atoms with Crippen molar-refractivity contribution in [3.63, 3.8) is 0 Å². The van der Waals surface area contributed by atoms with E-state index in [2.05, 4.69) is 11.9 Å². The second-order valence-corrected chi connectivity index (χ2v) is 3.87. The average Bonchev–Trinajstić information content (AvgIpc) is 2.39. The quantitative estimate of drug-likeness (QED) is 0.389. The molecule has 0 atom stereocenters.